The van der Waals surface area contributed by atoms with Crippen LogP contribution in [-0.2, 0) is 17.4 Å². The van der Waals surface area contributed by atoms with E-state index in [2.05, 4.69) is 5.10 Å². The number of hydrogen-bond donors (Lipinski definition) is 0. The molecule has 0 saturated carbocycles. The Kier molecular flexibility index (Phi) is 7.19. The molecule has 6 nitrogen and oxygen atoms in total. The molecule has 2 heterocycles. The van der Waals surface area contributed by atoms with Crippen molar-refractivity contribution in [3.63, 3.8) is 0 Å². The van der Waals surface area contributed by atoms with Crippen molar-refractivity contribution < 1.29 is 27.5 Å². The lowest BCUT2D eigenvalue weighted by Gasteiger charge is -2.31. The van der Waals surface area contributed by atoms with Crippen LogP contribution in [0.4, 0.5) is 13.2 Å². The normalized spacial score (nSPS) is 14.7. The van der Waals surface area contributed by atoms with Crippen LogP contribution in [0.1, 0.15) is 45.7 Å². The van der Waals surface area contributed by atoms with Gasteiger partial charge in [-0.1, -0.05) is 6.07 Å². The molecule has 1 aliphatic rings. The molecule has 1 aliphatic heterocycles. The van der Waals surface area contributed by atoms with E-state index in [0.717, 1.165) is 12.1 Å². The molecule has 0 bridgehead atoms. The van der Waals surface area contributed by atoms with Crippen molar-refractivity contribution in [1.82, 2.24) is 14.7 Å². The van der Waals surface area contributed by atoms with Crippen LogP contribution < -0.4 is 4.74 Å². The second-order valence-corrected chi connectivity index (χ2v) is 9.03. The molecule has 1 amide bonds. The number of nitrogens with zero attached hydrogens (tertiary/aromatic N) is 3. The van der Waals surface area contributed by atoms with Crippen molar-refractivity contribution in [3.8, 4) is 11.4 Å². The van der Waals surface area contributed by atoms with Crippen LogP contribution in [0.3, 0.4) is 0 Å². The Morgan fingerprint density at radius 3 is 2.33 bits per heavy atom. The van der Waals surface area contributed by atoms with Gasteiger partial charge in [-0.3, -0.25) is 9.59 Å². The van der Waals surface area contributed by atoms with Crippen LogP contribution in [-0.4, -0.2) is 46.6 Å². The second-order valence-electron chi connectivity index (χ2n) is 9.03. The zero-order valence-electron chi connectivity index (χ0n) is 20.4. The maximum Gasteiger partial charge on any atom is 0.416 e. The molecule has 2 aromatic carbocycles. The van der Waals surface area contributed by atoms with Gasteiger partial charge in [0.2, 0.25) is 5.91 Å². The fourth-order valence-electron chi connectivity index (χ4n) is 4.64. The van der Waals surface area contributed by atoms with Crippen molar-refractivity contribution in [2.75, 3.05) is 20.2 Å². The third-order valence-corrected chi connectivity index (χ3v) is 6.78. The summed E-state index contributed by atoms with van der Waals surface area (Å²) in [7, 11) is 1.57. The highest BCUT2D eigenvalue weighted by Crippen LogP contribution is 2.31. The first-order valence-corrected chi connectivity index (χ1v) is 11.8. The molecule has 4 rings (SSSR count). The van der Waals surface area contributed by atoms with Gasteiger partial charge in [0, 0.05) is 35.8 Å². The number of hydrogen-bond acceptors (Lipinski definition) is 4. The number of ether oxygens (including phenoxy) is 1. The molecule has 3 aromatic rings. The Morgan fingerprint density at radius 2 is 1.72 bits per heavy atom. The average molecular weight is 500 g/mol. The summed E-state index contributed by atoms with van der Waals surface area (Å²) in [6.07, 6.45) is -3.18. The van der Waals surface area contributed by atoms with Crippen LogP contribution in [0.15, 0.2) is 48.5 Å². The van der Waals surface area contributed by atoms with Gasteiger partial charge in [-0.05, 0) is 69.2 Å². The molecule has 36 heavy (non-hydrogen) atoms. The number of halogens is 3. The van der Waals surface area contributed by atoms with Crippen molar-refractivity contribution >= 4 is 11.7 Å². The topological polar surface area (TPSA) is 64.4 Å². The highest BCUT2D eigenvalue weighted by Gasteiger charge is 2.31. The Balaban J connectivity index is 1.41. The van der Waals surface area contributed by atoms with E-state index in [1.165, 1.54) is 10.7 Å². The number of methoxy groups -OCH3 is 1. The summed E-state index contributed by atoms with van der Waals surface area (Å²) in [5.41, 5.74) is 2.11. The van der Waals surface area contributed by atoms with E-state index in [1.54, 1.807) is 56.2 Å². The quantitative estimate of drug-likeness (QED) is 0.439. The van der Waals surface area contributed by atoms with Gasteiger partial charge in [0.25, 0.3) is 0 Å². The summed E-state index contributed by atoms with van der Waals surface area (Å²) in [5.74, 6) is 0.530. The number of Topliss-reactive ketones (excluding diaryl/α,β-unsaturated/α-hetero) is 1. The van der Waals surface area contributed by atoms with Crippen molar-refractivity contribution in [2.45, 2.75) is 39.3 Å². The van der Waals surface area contributed by atoms with E-state index in [-0.39, 0.29) is 24.0 Å². The Hall–Kier alpha value is -3.62. The molecule has 0 unspecified atom stereocenters. The number of carbonyl (C=O) groups is 2. The first-order chi connectivity index (χ1) is 17.1. The summed E-state index contributed by atoms with van der Waals surface area (Å²) in [4.78, 5) is 27.7. The fourth-order valence-corrected chi connectivity index (χ4v) is 4.64. The smallest absolute Gasteiger partial charge is 0.416 e. The first kappa shape index (κ1) is 25.5. The lowest BCUT2D eigenvalue weighted by Crippen LogP contribution is -2.41. The van der Waals surface area contributed by atoms with Gasteiger partial charge in [0.15, 0.2) is 5.78 Å². The number of aryl methyl sites for hydroxylation is 1. The molecule has 1 saturated heterocycles. The minimum absolute atomic E-state index is 0.0683. The highest BCUT2D eigenvalue weighted by atomic mass is 19.4. The van der Waals surface area contributed by atoms with Crippen LogP contribution in [0.5, 0.6) is 5.75 Å². The predicted octanol–water partition coefficient (Wildman–Crippen LogP) is 5.18. The zero-order chi connectivity index (χ0) is 26.0. The molecule has 0 radical (unpaired) electrons. The SMILES string of the molecule is COc1ccc(C(=O)C2CCN(C(=O)Cc3c(C)nn(-c4cccc(C(F)(F)F)c4)c3C)CC2)cc1. The molecule has 0 atom stereocenters. The predicted molar refractivity (Wildman–Crippen MR) is 128 cm³/mol. The van der Waals surface area contributed by atoms with Gasteiger partial charge in [-0.25, -0.2) is 4.68 Å². The Bertz CT molecular complexity index is 1260. The van der Waals surface area contributed by atoms with E-state index < -0.39 is 11.7 Å². The number of alkyl halides is 3. The molecule has 1 aromatic heterocycles. The van der Waals surface area contributed by atoms with Gasteiger partial charge in [0.1, 0.15) is 5.75 Å². The minimum atomic E-state index is -4.45. The van der Waals surface area contributed by atoms with Crippen LogP contribution in [0.2, 0.25) is 0 Å². The van der Waals surface area contributed by atoms with Crippen molar-refractivity contribution in [1.29, 1.82) is 0 Å². The van der Waals surface area contributed by atoms with E-state index in [0.29, 0.717) is 59.9 Å². The summed E-state index contributed by atoms with van der Waals surface area (Å²) < 4.78 is 46.0. The van der Waals surface area contributed by atoms with E-state index in [4.69, 9.17) is 4.74 Å². The summed E-state index contributed by atoms with van der Waals surface area (Å²) >= 11 is 0. The van der Waals surface area contributed by atoms with Crippen molar-refractivity contribution in [3.05, 3.63) is 76.6 Å². The summed E-state index contributed by atoms with van der Waals surface area (Å²) in [6.45, 7) is 4.46. The number of carbonyl (C=O) groups excluding carboxylic acids is 2. The molecular weight excluding hydrogens is 471 g/mol. The minimum Gasteiger partial charge on any atom is -0.497 e. The van der Waals surface area contributed by atoms with E-state index >= 15 is 0 Å². The molecule has 1 fully saturated rings. The van der Waals surface area contributed by atoms with Gasteiger partial charge in [0.05, 0.1) is 30.5 Å². The van der Waals surface area contributed by atoms with Crippen molar-refractivity contribution in [2.24, 2.45) is 5.92 Å². The standard InChI is InChI=1S/C27H28F3N3O3/c1-17-24(18(2)33(31-17)22-6-4-5-21(15-22)27(28,29)30)16-25(34)32-13-11-20(12-14-32)26(35)19-7-9-23(36-3)10-8-19/h4-10,15,20H,11-14,16H2,1-3H3. The molecule has 190 valence electrons. The number of benzene rings is 2. The molecule has 0 N–H and O–H groups in total. The number of likely N-dealkylation sites (tertiary alicyclic amines) is 1. The maximum absolute atomic E-state index is 13.1. The molecule has 0 spiro atoms. The number of amides is 1. The molecule has 9 heteroatoms. The second kappa shape index (κ2) is 10.2. The van der Waals surface area contributed by atoms with Crippen LogP contribution >= 0.6 is 0 Å². The fraction of sp³-hybridized carbons (Fsp3) is 0.370. The number of piperidine rings is 1. The van der Waals surface area contributed by atoms with Gasteiger partial charge < -0.3 is 9.64 Å². The highest BCUT2D eigenvalue weighted by molar-refractivity contribution is 5.98. The lowest BCUT2D eigenvalue weighted by atomic mass is 9.88. The Labute approximate surface area is 207 Å². The number of rotatable bonds is 6. The third-order valence-electron chi connectivity index (χ3n) is 6.78. The van der Waals surface area contributed by atoms with Gasteiger partial charge >= 0.3 is 6.18 Å². The third kappa shape index (κ3) is 5.29. The average Bonchev–Trinajstić information content (AvgIpc) is 3.16. The van der Waals surface area contributed by atoms with E-state index in [1.807, 2.05) is 0 Å². The maximum atomic E-state index is 13.1. The Morgan fingerprint density at radius 1 is 1.06 bits per heavy atom. The van der Waals surface area contributed by atoms with E-state index in [9.17, 15) is 22.8 Å². The van der Waals surface area contributed by atoms with Crippen LogP contribution in [0.25, 0.3) is 5.69 Å². The lowest BCUT2D eigenvalue weighted by molar-refractivity contribution is -0.137. The molecular formula is C27H28F3N3O3. The number of aromatic nitrogens is 2. The van der Waals surface area contributed by atoms with Gasteiger partial charge in [-0.15, -0.1) is 0 Å². The number of ketones is 1. The van der Waals surface area contributed by atoms with Crippen LogP contribution in [0, 0.1) is 19.8 Å². The first-order valence-electron chi connectivity index (χ1n) is 11.8. The molecule has 0 aliphatic carbocycles. The summed E-state index contributed by atoms with van der Waals surface area (Å²) in [6, 6.07) is 12.0. The zero-order valence-corrected chi connectivity index (χ0v) is 20.4. The monoisotopic (exact) mass is 499 g/mol. The summed E-state index contributed by atoms with van der Waals surface area (Å²) in [5, 5.41) is 4.41. The van der Waals surface area contributed by atoms with Gasteiger partial charge in [-0.2, -0.15) is 18.3 Å². The largest absolute Gasteiger partial charge is 0.497 e.